The minimum atomic E-state index is -0.905. The van der Waals surface area contributed by atoms with Gasteiger partial charge >= 0.3 is 5.97 Å². The highest BCUT2D eigenvalue weighted by Crippen LogP contribution is 2.43. The number of anilines is 1. The van der Waals surface area contributed by atoms with Crippen molar-refractivity contribution in [1.29, 1.82) is 0 Å². The Hall–Kier alpha value is -4.37. The smallest absolute Gasteiger partial charge is 0.357 e. The number of carbonyl (C=O) groups excluding carboxylic acids is 2. The van der Waals surface area contributed by atoms with Crippen LogP contribution in [-0.4, -0.2) is 33.2 Å². The molecule has 0 aliphatic rings. The topological polar surface area (TPSA) is 86.1 Å². The van der Waals surface area contributed by atoms with Crippen LogP contribution in [0.5, 0.6) is 0 Å². The van der Waals surface area contributed by atoms with Crippen molar-refractivity contribution in [2.24, 2.45) is 5.41 Å². The lowest BCUT2D eigenvalue weighted by molar-refractivity contribution is -0.124. The normalized spacial score (nSPS) is 12.3. The van der Waals surface area contributed by atoms with Crippen molar-refractivity contribution in [3.05, 3.63) is 107 Å². The number of hydrogen-bond donors (Lipinski definition) is 1. The van der Waals surface area contributed by atoms with Gasteiger partial charge in [-0.15, -0.1) is 11.3 Å². The summed E-state index contributed by atoms with van der Waals surface area (Å²) < 4.78 is 20.2. The third-order valence-corrected chi connectivity index (χ3v) is 7.40. The Morgan fingerprint density at radius 1 is 1.05 bits per heavy atom. The van der Waals surface area contributed by atoms with Crippen molar-refractivity contribution in [1.82, 2.24) is 14.8 Å². The first-order chi connectivity index (χ1) is 18.8. The van der Waals surface area contributed by atoms with Crippen LogP contribution in [-0.2, 0) is 9.53 Å². The fraction of sp³-hybridized carbons (Fsp3) is 0.200. The van der Waals surface area contributed by atoms with Gasteiger partial charge in [-0.3, -0.25) is 4.79 Å². The van der Waals surface area contributed by atoms with E-state index in [-0.39, 0.29) is 29.9 Å². The Labute approximate surface area is 229 Å². The Bertz CT molecular complexity index is 1630. The van der Waals surface area contributed by atoms with Crippen LogP contribution < -0.4 is 5.32 Å². The molecule has 5 aromatic rings. The molecule has 0 saturated carbocycles. The van der Waals surface area contributed by atoms with E-state index in [4.69, 9.17) is 4.74 Å². The summed E-state index contributed by atoms with van der Waals surface area (Å²) in [5.41, 5.74) is 2.81. The average Bonchev–Trinajstić information content (AvgIpc) is 3.57. The molecule has 3 aromatic carbocycles. The Morgan fingerprint density at radius 2 is 1.79 bits per heavy atom. The lowest BCUT2D eigenvalue weighted by atomic mass is 9.70. The molecule has 198 valence electrons. The molecular weight excluding hydrogens is 515 g/mol. The average molecular weight is 543 g/mol. The molecule has 9 heteroatoms. The number of esters is 1. The fourth-order valence-corrected chi connectivity index (χ4v) is 5.38. The summed E-state index contributed by atoms with van der Waals surface area (Å²) in [5.74, 6) is -1.37. The van der Waals surface area contributed by atoms with E-state index in [1.807, 2.05) is 62.4 Å². The number of ether oxygens (including phenoxy) is 1. The van der Waals surface area contributed by atoms with Gasteiger partial charge in [-0.2, -0.15) is 5.10 Å². The molecule has 7 nitrogen and oxygen atoms in total. The molecule has 0 saturated heterocycles. The van der Waals surface area contributed by atoms with Gasteiger partial charge in [0.1, 0.15) is 5.82 Å². The Morgan fingerprint density at radius 3 is 2.51 bits per heavy atom. The quantitative estimate of drug-likeness (QED) is 0.224. The van der Waals surface area contributed by atoms with Crippen LogP contribution in [0.4, 0.5) is 9.52 Å². The summed E-state index contributed by atoms with van der Waals surface area (Å²) in [6.07, 6.45) is 1.77. The molecule has 0 aliphatic heterocycles. The number of amides is 1. The Balaban J connectivity index is 1.49. The molecule has 1 unspecified atom stereocenters. The highest BCUT2D eigenvalue weighted by atomic mass is 32.1. The van der Waals surface area contributed by atoms with E-state index in [1.54, 1.807) is 35.3 Å². The SMILES string of the molecule is CCOC(=O)c1csc(NC(=O)C(C)(C)C(c2ccccc2)c2ccc3c(cnn3-c3ccc(F)cc3)c2)n1. The van der Waals surface area contributed by atoms with E-state index in [2.05, 4.69) is 15.4 Å². The van der Waals surface area contributed by atoms with Crippen LogP contribution in [0.15, 0.2) is 84.4 Å². The van der Waals surface area contributed by atoms with Gasteiger partial charge < -0.3 is 10.1 Å². The molecular formula is C30H27FN4O3S. The van der Waals surface area contributed by atoms with E-state index in [0.29, 0.717) is 5.13 Å². The van der Waals surface area contributed by atoms with Crippen LogP contribution in [0, 0.1) is 11.2 Å². The molecule has 0 radical (unpaired) electrons. The van der Waals surface area contributed by atoms with Gasteiger partial charge in [0, 0.05) is 16.7 Å². The number of aromatic nitrogens is 3. The molecule has 5 rings (SSSR count). The molecule has 2 heterocycles. The maximum absolute atomic E-state index is 13.7. The van der Waals surface area contributed by atoms with Crippen LogP contribution in [0.1, 0.15) is 48.3 Å². The summed E-state index contributed by atoms with van der Waals surface area (Å²) in [4.78, 5) is 30.0. The fourth-order valence-electron chi connectivity index (χ4n) is 4.71. The third-order valence-electron chi connectivity index (χ3n) is 6.65. The largest absolute Gasteiger partial charge is 0.461 e. The zero-order valence-electron chi connectivity index (χ0n) is 21.7. The molecule has 2 aromatic heterocycles. The van der Waals surface area contributed by atoms with Crippen molar-refractivity contribution in [2.75, 3.05) is 11.9 Å². The summed E-state index contributed by atoms with van der Waals surface area (Å²) in [7, 11) is 0. The maximum Gasteiger partial charge on any atom is 0.357 e. The first-order valence-corrected chi connectivity index (χ1v) is 13.4. The number of benzene rings is 3. The van der Waals surface area contributed by atoms with Crippen LogP contribution in [0.25, 0.3) is 16.6 Å². The summed E-state index contributed by atoms with van der Waals surface area (Å²) in [5, 5.41) is 10.2. The summed E-state index contributed by atoms with van der Waals surface area (Å²) in [6, 6.07) is 22.0. The number of fused-ring (bicyclic) bond motifs is 1. The number of nitrogens with zero attached hydrogens (tertiary/aromatic N) is 3. The van der Waals surface area contributed by atoms with Crippen LogP contribution in [0.3, 0.4) is 0 Å². The minimum absolute atomic E-state index is 0.165. The van der Waals surface area contributed by atoms with Crippen molar-refractivity contribution in [3.8, 4) is 5.69 Å². The number of rotatable bonds is 8. The molecule has 1 atom stereocenters. The standard InChI is InChI=1S/C30H27FN4O3S/c1-4-38-27(36)24-18-39-29(33-24)34-28(37)30(2,3)26(19-8-6-5-7-9-19)20-10-15-25-21(16-20)17-32-35(25)23-13-11-22(31)12-14-23/h5-18,26H,4H2,1-3H3,(H,33,34,37). The highest BCUT2D eigenvalue weighted by molar-refractivity contribution is 7.14. The molecule has 0 fully saturated rings. The zero-order chi connectivity index (χ0) is 27.6. The number of thiazole rings is 1. The second kappa shape index (κ2) is 10.8. The van der Waals surface area contributed by atoms with Gasteiger partial charge in [0.25, 0.3) is 0 Å². The highest BCUT2D eigenvalue weighted by Gasteiger charge is 2.39. The molecule has 39 heavy (non-hydrogen) atoms. The molecule has 0 spiro atoms. The van der Waals surface area contributed by atoms with Crippen molar-refractivity contribution in [3.63, 3.8) is 0 Å². The van der Waals surface area contributed by atoms with Gasteiger partial charge in [-0.05, 0) is 54.4 Å². The molecule has 1 amide bonds. The van der Waals surface area contributed by atoms with E-state index < -0.39 is 11.4 Å². The van der Waals surface area contributed by atoms with E-state index in [1.165, 1.54) is 23.5 Å². The van der Waals surface area contributed by atoms with Crippen molar-refractivity contribution < 1.29 is 18.7 Å². The zero-order valence-corrected chi connectivity index (χ0v) is 22.5. The van der Waals surface area contributed by atoms with Gasteiger partial charge in [-0.1, -0.05) is 50.2 Å². The lowest BCUT2D eigenvalue weighted by Gasteiger charge is -2.34. The summed E-state index contributed by atoms with van der Waals surface area (Å²) in [6.45, 7) is 5.76. The molecule has 1 N–H and O–H groups in total. The predicted octanol–water partition coefficient (Wildman–Crippen LogP) is 6.59. The second-order valence-electron chi connectivity index (χ2n) is 9.63. The van der Waals surface area contributed by atoms with Gasteiger partial charge in [0.15, 0.2) is 10.8 Å². The van der Waals surface area contributed by atoms with E-state index in [9.17, 15) is 14.0 Å². The van der Waals surface area contributed by atoms with Gasteiger partial charge in [0.05, 0.1) is 29.4 Å². The number of halogens is 1. The summed E-state index contributed by atoms with van der Waals surface area (Å²) >= 11 is 1.18. The number of carbonyl (C=O) groups is 2. The minimum Gasteiger partial charge on any atom is -0.461 e. The van der Waals surface area contributed by atoms with Gasteiger partial charge in [-0.25, -0.2) is 18.9 Å². The lowest BCUT2D eigenvalue weighted by Crippen LogP contribution is -2.37. The van der Waals surface area contributed by atoms with E-state index in [0.717, 1.165) is 27.7 Å². The van der Waals surface area contributed by atoms with E-state index >= 15 is 0 Å². The number of hydrogen-bond acceptors (Lipinski definition) is 6. The first-order valence-electron chi connectivity index (χ1n) is 12.5. The first kappa shape index (κ1) is 26.2. The number of nitrogens with one attached hydrogen (secondary N) is 1. The van der Waals surface area contributed by atoms with Crippen molar-refractivity contribution >= 4 is 39.2 Å². The molecule has 0 bridgehead atoms. The van der Waals surface area contributed by atoms with Crippen LogP contribution in [0.2, 0.25) is 0 Å². The third kappa shape index (κ3) is 5.31. The van der Waals surface area contributed by atoms with Gasteiger partial charge in [0.2, 0.25) is 5.91 Å². The maximum atomic E-state index is 13.7. The van der Waals surface area contributed by atoms with Crippen LogP contribution >= 0.6 is 11.3 Å². The van der Waals surface area contributed by atoms with Crippen molar-refractivity contribution in [2.45, 2.75) is 26.7 Å². The predicted molar refractivity (Wildman–Crippen MR) is 150 cm³/mol. The monoisotopic (exact) mass is 542 g/mol. The second-order valence-corrected chi connectivity index (χ2v) is 10.5. The molecule has 0 aliphatic carbocycles. The Kier molecular flexibility index (Phi) is 7.26.